The van der Waals surface area contributed by atoms with Gasteiger partial charge in [0.05, 0.1) is 21.9 Å². The van der Waals surface area contributed by atoms with E-state index in [1.165, 1.54) is 4.90 Å². The van der Waals surface area contributed by atoms with E-state index in [-0.39, 0.29) is 35.7 Å². The van der Waals surface area contributed by atoms with Gasteiger partial charge >= 0.3 is 0 Å². The molecule has 37 heavy (non-hydrogen) atoms. The van der Waals surface area contributed by atoms with Crippen LogP contribution in [0.1, 0.15) is 70.5 Å². The van der Waals surface area contributed by atoms with Gasteiger partial charge in [0.15, 0.2) is 9.84 Å². The summed E-state index contributed by atoms with van der Waals surface area (Å²) < 4.78 is 27.2. The number of β-amino-alcohol motifs (C(OH)–C–C–N with tert-alkyl or cyclic N) is 1. The van der Waals surface area contributed by atoms with Crippen LogP contribution in [0.5, 0.6) is 0 Å². The van der Waals surface area contributed by atoms with Crippen LogP contribution >= 0.6 is 0 Å². The third-order valence-corrected chi connectivity index (χ3v) is 9.85. The average Bonchev–Trinajstić information content (AvgIpc) is 3.42. The SMILES string of the molecule is CC(C)(C)[C@@H](C(=O)N1C[C@H](O)C[C@H]1C(=O)NC1CC(S(=O)(=O)c2ccccc2)C1)n1cc(C2CC2)nn1. The molecule has 1 aromatic carbocycles. The van der Waals surface area contributed by atoms with Gasteiger partial charge in [0.25, 0.3) is 0 Å². The first-order valence-electron chi connectivity index (χ1n) is 12.9. The van der Waals surface area contributed by atoms with Crippen molar-refractivity contribution in [3.8, 4) is 0 Å². The van der Waals surface area contributed by atoms with Crippen molar-refractivity contribution in [2.75, 3.05) is 6.54 Å². The summed E-state index contributed by atoms with van der Waals surface area (Å²) in [6, 6.07) is 6.52. The quantitative estimate of drug-likeness (QED) is 0.559. The first-order chi connectivity index (χ1) is 17.4. The predicted octanol–water partition coefficient (Wildman–Crippen LogP) is 1.83. The standard InChI is InChI=1S/C26H35N5O5S/c1-26(2,3)23(31-15-21(28-29-31)16-9-10-16)25(34)30-14-18(32)13-22(30)24(33)27-17-11-20(12-17)37(35,36)19-7-5-4-6-8-19/h4-8,15-18,20,22-23,32H,9-14H2,1-3H3,(H,27,33)/t17?,18-,20?,22+,23-/m1/s1. The summed E-state index contributed by atoms with van der Waals surface area (Å²) >= 11 is 0. The van der Waals surface area contributed by atoms with Crippen molar-refractivity contribution in [3.05, 3.63) is 42.2 Å². The maximum absolute atomic E-state index is 13.8. The second kappa shape index (κ2) is 9.50. The number of hydrogen-bond donors (Lipinski definition) is 2. The van der Waals surface area contributed by atoms with Crippen LogP contribution in [0.3, 0.4) is 0 Å². The molecule has 1 saturated heterocycles. The number of aromatic nitrogens is 3. The molecule has 2 aromatic rings. The molecule has 1 aromatic heterocycles. The van der Waals surface area contributed by atoms with Gasteiger partial charge in [-0.2, -0.15) is 0 Å². The molecule has 2 amide bonds. The number of sulfone groups is 1. The van der Waals surface area contributed by atoms with Crippen molar-refractivity contribution in [1.29, 1.82) is 0 Å². The fraction of sp³-hybridized carbons (Fsp3) is 0.615. The van der Waals surface area contributed by atoms with Crippen LogP contribution in [0.4, 0.5) is 0 Å². The molecule has 2 heterocycles. The molecule has 0 unspecified atom stereocenters. The Morgan fingerprint density at radius 3 is 2.41 bits per heavy atom. The van der Waals surface area contributed by atoms with Gasteiger partial charge in [-0.3, -0.25) is 9.59 Å². The molecular formula is C26H35N5O5S. The summed E-state index contributed by atoms with van der Waals surface area (Å²) in [5, 5.41) is 21.3. The fourth-order valence-electron chi connectivity index (χ4n) is 5.36. The Morgan fingerprint density at radius 2 is 1.78 bits per heavy atom. The number of benzene rings is 1. The van der Waals surface area contributed by atoms with E-state index >= 15 is 0 Å². The number of rotatable bonds is 7. The van der Waals surface area contributed by atoms with Crippen LogP contribution in [0.2, 0.25) is 0 Å². The van der Waals surface area contributed by atoms with Crippen LogP contribution in [0, 0.1) is 5.41 Å². The van der Waals surface area contributed by atoms with Gasteiger partial charge in [-0.25, -0.2) is 13.1 Å². The number of likely N-dealkylation sites (tertiary alicyclic amines) is 1. The van der Waals surface area contributed by atoms with E-state index in [4.69, 9.17) is 0 Å². The van der Waals surface area contributed by atoms with Crippen molar-refractivity contribution in [2.45, 2.75) is 93.2 Å². The Balaban J connectivity index is 1.26. The summed E-state index contributed by atoms with van der Waals surface area (Å²) in [5.41, 5.74) is 0.371. The fourth-order valence-corrected chi connectivity index (χ4v) is 7.26. The third kappa shape index (κ3) is 5.16. The number of aliphatic hydroxyl groups is 1. The zero-order chi connectivity index (χ0) is 26.5. The van der Waals surface area contributed by atoms with Gasteiger partial charge in [0.1, 0.15) is 12.1 Å². The predicted molar refractivity (Wildman–Crippen MR) is 135 cm³/mol. The highest BCUT2D eigenvalue weighted by Crippen LogP contribution is 2.40. The third-order valence-electron chi connectivity index (χ3n) is 7.66. The van der Waals surface area contributed by atoms with Gasteiger partial charge in [-0.1, -0.05) is 44.2 Å². The molecule has 3 aliphatic rings. The zero-order valence-electron chi connectivity index (χ0n) is 21.4. The monoisotopic (exact) mass is 529 g/mol. The Kier molecular flexibility index (Phi) is 6.64. The Labute approximate surface area is 217 Å². The van der Waals surface area contributed by atoms with Crippen molar-refractivity contribution in [2.24, 2.45) is 5.41 Å². The largest absolute Gasteiger partial charge is 0.391 e. The highest BCUT2D eigenvalue weighted by molar-refractivity contribution is 7.92. The number of hydrogen-bond acceptors (Lipinski definition) is 7. The number of amides is 2. The molecule has 5 rings (SSSR count). The zero-order valence-corrected chi connectivity index (χ0v) is 22.3. The summed E-state index contributed by atoms with van der Waals surface area (Å²) in [6.45, 7) is 5.88. The molecule has 3 fully saturated rings. The van der Waals surface area contributed by atoms with Crippen LogP contribution in [0.25, 0.3) is 0 Å². The minimum Gasteiger partial charge on any atom is -0.391 e. The molecule has 0 bridgehead atoms. The van der Waals surface area contributed by atoms with Gasteiger partial charge in [-0.05, 0) is 43.2 Å². The van der Waals surface area contributed by atoms with E-state index in [9.17, 15) is 23.1 Å². The highest BCUT2D eigenvalue weighted by Gasteiger charge is 2.47. The molecule has 3 atom stereocenters. The van der Waals surface area contributed by atoms with Gasteiger partial charge in [0, 0.05) is 31.1 Å². The van der Waals surface area contributed by atoms with Crippen LogP contribution < -0.4 is 5.32 Å². The first kappa shape index (κ1) is 25.8. The van der Waals surface area contributed by atoms with E-state index < -0.39 is 38.7 Å². The molecule has 2 N–H and O–H groups in total. The normalized spacial score (nSPS) is 27.0. The molecule has 11 heteroatoms. The van der Waals surface area contributed by atoms with E-state index in [0.29, 0.717) is 18.8 Å². The van der Waals surface area contributed by atoms with E-state index in [1.807, 2.05) is 27.0 Å². The van der Waals surface area contributed by atoms with Gasteiger partial charge in [-0.15, -0.1) is 5.10 Å². The molecule has 2 aliphatic carbocycles. The topological polar surface area (TPSA) is 134 Å². The number of nitrogens with one attached hydrogen (secondary N) is 1. The van der Waals surface area contributed by atoms with E-state index in [0.717, 1.165) is 18.5 Å². The lowest BCUT2D eigenvalue weighted by Crippen LogP contribution is -2.55. The van der Waals surface area contributed by atoms with Crippen LogP contribution in [-0.4, -0.2) is 75.2 Å². The second-order valence-electron chi connectivity index (χ2n) is 11.7. The van der Waals surface area contributed by atoms with Crippen molar-refractivity contribution in [3.63, 3.8) is 0 Å². The van der Waals surface area contributed by atoms with Crippen molar-refractivity contribution < 1.29 is 23.1 Å². The van der Waals surface area contributed by atoms with Crippen molar-refractivity contribution in [1.82, 2.24) is 25.2 Å². The second-order valence-corrected chi connectivity index (χ2v) is 13.9. The Morgan fingerprint density at radius 1 is 1.11 bits per heavy atom. The number of carbonyl (C=O) groups is 2. The van der Waals surface area contributed by atoms with E-state index in [1.54, 1.807) is 35.0 Å². The lowest BCUT2D eigenvalue weighted by Gasteiger charge is -2.37. The Bertz CT molecular complexity index is 1260. The molecule has 0 radical (unpaired) electrons. The Hall–Kier alpha value is -2.79. The van der Waals surface area contributed by atoms with E-state index in [2.05, 4.69) is 15.6 Å². The molecule has 10 nitrogen and oxygen atoms in total. The molecule has 200 valence electrons. The summed E-state index contributed by atoms with van der Waals surface area (Å²) in [6.07, 6.45) is 3.93. The smallest absolute Gasteiger partial charge is 0.248 e. The average molecular weight is 530 g/mol. The van der Waals surface area contributed by atoms with Crippen LogP contribution in [-0.2, 0) is 19.4 Å². The number of carbonyl (C=O) groups excluding carboxylic acids is 2. The van der Waals surface area contributed by atoms with Crippen LogP contribution in [0.15, 0.2) is 41.4 Å². The molecule has 0 spiro atoms. The van der Waals surface area contributed by atoms with Crippen molar-refractivity contribution >= 4 is 21.7 Å². The summed E-state index contributed by atoms with van der Waals surface area (Å²) in [4.78, 5) is 28.8. The molecule has 1 aliphatic heterocycles. The first-order valence-corrected chi connectivity index (χ1v) is 14.5. The number of aliphatic hydroxyl groups excluding tert-OH is 1. The number of nitrogens with zero attached hydrogens (tertiary/aromatic N) is 4. The minimum absolute atomic E-state index is 0.0589. The minimum atomic E-state index is -3.45. The van der Waals surface area contributed by atoms with Gasteiger partial charge in [0.2, 0.25) is 11.8 Å². The lowest BCUT2D eigenvalue weighted by molar-refractivity contribution is -0.144. The lowest BCUT2D eigenvalue weighted by atomic mass is 9.85. The summed E-state index contributed by atoms with van der Waals surface area (Å²) in [7, 11) is -3.45. The highest BCUT2D eigenvalue weighted by atomic mass is 32.2. The summed E-state index contributed by atoms with van der Waals surface area (Å²) in [5.74, 6) is -0.251. The van der Waals surface area contributed by atoms with Gasteiger partial charge < -0.3 is 15.3 Å². The molecular weight excluding hydrogens is 494 g/mol. The molecule has 2 saturated carbocycles. The maximum Gasteiger partial charge on any atom is 0.248 e. The maximum atomic E-state index is 13.8.